The van der Waals surface area contributed by atoms with E-state index in [1.165, 1.54) is 6.92 Å². The molecule has 1 aromatic rings. The molecule has 3 nitrogen and oxygen atoms in total. The van der Waals surface area contributed by atoms with Gasteiger partial charge in [-0.3, -0.25) is 4.79 Å². The maximum Gasteiger partial charge on any atom is 0.400 e. The summed E-state index contributed by atoms with van der Waals surface area (Å²) < 4.78 is 31.3. The summed E-state index contributed by atoms with van der Waals surface area (Å²) >= 11 is 0. The van der Waals surface area contributed by atoms with Crippen LogP contribution in [0.25, 0.3) is 0 Å². The van der Waals surface area contributed by atoms with Crippen LogP contribution in [0.5, 0.6) is 0 Å². The monoisotopic (exact) mass is 254 g/mol. The molecule has 0 saturated heterocycles. The number of carbonyl (C=O) groups is 2. The van der Waals surface area contributed by atoms with Crippen molar-refractivity contribution in [3.05, 3.63) is 35.4 Å². The molecule has 1 aliphatic carbocycles. The quantitative estimate of drug-likeness (QED) is 0.610. The lowest BCUT2D eigenvalue weighted by Gasteiger charge is -2.30. The molecule has 0 saturated carbocycles. The van der Waals surface area contributed by atoms with E-state index in [0.29, 0.717) is 5.56 Å². The van der Waals surface area contributed by atoms with Gasteiger partial charge in [0.1, 0.15) is 0 Å². The predicted molar refractivity (Wildman–Crippen MR) is 59.5 cm³/mol. The van der Waals surface area contributed by atoms with Crippen molar-refractivity contribution < 1.29 is 23.1 Å². The molecular weight excluding hydrogens is 242 g/mol. The molecule has 0 spiro atoms. The van der Waals surface area contributed by atoms with Crippen LogP contribution in [-0.4, -0.2) is 24.3 Å². The van der Waals surface area contributed by atoms with Crippen LogP contribution in [-0.2, 0) is 20.7 Å². The highest BCUT2D eigenvalue weighted by Gasteiger charge is 2.53. The average molecular weight is 254 g/mol. The highest BCUT2D eigenvalue weighted by atomic mass is 19.3. The highest BCUT2D eigenvalue weighted by molar-refractivity contribution is 6.09. The minimum Gasteiger partial charge on any atom is -0.461 e. The van der Waals surface area contributed by atoms with E-state index in [2.05, 4.69) is 4.74 Å². The third-order valence-electron chi connectivity index (χ3n) is 3.01. The van der Waals surface area contributed by atoms with Crippen LogP contribution in [0.1, 0.15) is 24.0 Å². The van der Waals surface area contributed by atoms with Gasteiger partial charge in [0.15, 0.2) is 0 Å². The summed E-state index contributed by atoms with van der Waals surface area (Å²) in [4.78, 5) is 22.7. The van der Waals surface area contributed by atoms with E-state index in [1.54, 1.807) is 24.3 Å². The highest BCUT2D eigenvalue weighted by Crippen LogP contribution is 2.39. The van der Waals surface area contributed by atoms with Gasteiger partial charge in [-0.25, -0.2) is 4.79 Å². The van der Waals surface area contributed by atoms with E-state index < -0.39 is 23.6 Å². The summed E-state index contributed by atoms with van der Waals surface area (Å²) in [5, 5.41) is 0. The van der Waals surface area contributed by atoms with Crippen molar-refractivity contribution in [3.63, 3.8) is 0 Å². The first-order valence-corrected chi connectivity index (χ1v) is 5.65. The van der Waals surface area contributed by atoms with Crippen molar-refractivity contribution in [3.8, 4) is 0 Å². The van der Waals surface area contributed by atoms with E-state index in [9.17, 15) is 18.4 Å². The van der Waals surface area contributed by atoms with E-state index in [0.717, 1.165) is 5.56 Å². The number of rotatable bonds is 4. The first-order chi connectivity index (χ1) is 8.48. The van der Waals surface area contributed by atoms with Gasteiger partial charge in [-0.1, -0.05) is 24.3 Å². The third kappa shape index (κ3) is 1.89. The maximum atomic E-state index is 13.5. The van der Waals surface area contributed by atoms with E-state index in [4.69, 9.17) is 0 Å². The zero-order chi connectivity index (χ0) is 13.3. The van der Waals surface area contributed by atoms with E-state index in [-0.39, 0.29) is 13.0 Å². The number of fused-ring (bicyclic) bond motifs is 1. The van der Waals surface area contributed by atoms with Gasteiger partial charge in [-0.2, -0.15) is 8.78 Å². The Morgan fingerprint density at radius 2 is 2.06 bits per heavy atom. The van der Waals surface area contributed by atoms with Crippen LogP contribution in [0.4, 0.5) is 8.78 Å². The van der Waals surface area contributed by atoms with Gasteiger partial charge in [0.25, 0.3) is 0 Å². The van der Waals surface area contributed by atoms with Crippen molar-refractivity contribution in [2.75, 3.05) is 6.61 Å². The average Bonchev–Trinajstić information content (AvgIpc) is 2.30. The molecule has 5 heteroatoms. The second kappa shape index (κ2) is 4.48. The molecule has 1 atom stereocenters. The van der Waals surface area contributed by atoms with Gasteiger partial charge in [-0.05, 0) is 24.5 Å². The number of halogens is 2. The number of esters is 1. The lowest BCUT2D eigenvalue weighted by Crippen LogP contribution is -2.45. The van der Waals surface area contributed by atoms with Crippen molar-refractivity contribution in [1.29, 1.82) is 0 Å². The van der Waals surface area contributed by atoms with Gasteiger partial charge in [0.05, 0.1) is 12.5 Å². The van der Waals surface area contributed by atoms with Crippen molar-refractivity contribution >= 4 is 11.8 Å². The number of hydrogen-bond acceptors (Lipinski definition) is 3. The van der Waals surface area contributed by atoms with Crippen molar-refractivity contribution in [1.82, 2.24) is 0 Å². The summed E-state index contributed by atoms with van der Waals surface area (Å²) in [7, 11) is 0. The predicted octanol–water partition coefficient (Wildman–Crippen LogP) is 2.09. The zero-order valence-corrected chi connectivity index (χ0v) is 9.78. The number of benzene rings is 1. The molecular formula is C13H12F2O3. The standard InChI is InChI=1S/C13H12F2O3/c1-2-18-12(17)13(14,15)11(16)10-7-8-5-3-4-6-9(8)10/h3-6,10H,2,7H2,1H3. The fourth-order valence-corrected chi connectivity index (χ4v) is 2.03. The second-order valence-electron chi connectivity index (χ2n) is 4.11. The van der Waals surface area contributed by atoms with Crippen LogP contribution in [0.15, 0.2) is 24.3 Å². The Morgan fingerprint density at radius 1 is 1.39 bits per heavy atom. The normalized spacial score (nSPS) is 17.6. The fraction of sp³-hybridized carbons (Fsp3) is 0.385. The lowest BCUT2D eigenvalue weighted by molar-refractivity contribution is -0.177. The van der Waals surface area contributed by atoms with Gasteiger partial charge >= 0.3 is 11.9 Å². The van der Waals surface area contributed by atoms with Gasteiger partial charge < -0.3 is 4.74 Å². The van der Waals surface area contributed by atoms with Gasteiger partial charge in [-0.15, -0.1) is 0 Å². The number of Topliss-reactive ketones (excluding diaryl/α,β-unsaturated/α-hetero) is 1. The van der Waals surface area contributed by atoms with Crippen LogP contribution < -0.4 is 0 Å². The van der Waals surface area contributed by atoms with Crippen LogP contribution >= 0.6 is 0 Å². The minimum atomic E-state index is -4.06. The molecule has 0 bridgehead atoms. The number of carbonyl (C=O) groups excluding carboxylic acids is 2. The third-order valence-corrected chi connectivity index (χ3v) is 3.01. The molecule has 1 aromatic carbocycles. The molecule has 0 aromatic heterocycles. The van der Waals surface area contributed by atoms with Gasteiger partial charge in [0.2, 0.25) is 5.78 Å². The van der Waals surface area contributed by atoms with Crippen LogP contribution in [0, 0.1) is 0 Å². The van der Waals surface area contributed by atoms with E-state index >= 15 is 0 Å². The molecule has 0 fully saturated rings. The van der Waals surface area contributed by atoms with Gasteiger partial charge in [0, 0.05) is 0 Å². The molecule has 0 heterocycles. The fourth-order valence-electron chi connectivity index (χ4n) is 2.03. The Hall–Kier alpha value is -1.78. The Labute approximate surface area is 103 Å². The topological polar surface area (TPSA) is 43.4 Å². The first kappa shape index (κ1) is 12.7. The Morgan fingerprint density at radius 3 is 2.67 bits per heavy atom. The summed E-state index contributed by atoms with van der Waals surface area (Å²) in [5.41, 5.74) is 1.45. The largest absolute Gasteiger partial charge is 0.461 e. The molecule has 2 rings (SSSR count). The summed E-state index contributed by atoms with van der Waals surface area (Å²) in [5.74, 6) is -8.10. The van der Waals surface area contributed by atoms with Crippen molar-refractivity contribution in [2.24, 2.45) is 0 Å². The molecule has 18 heavy (non-hydrogen) atoms. The number of ketones is 1. The molecule has 0 aliphatic heterocycles. The molecule has 0 radical (unpaired) electrons. The number of alkyl halides is 2. The zero-order valence-electron chi connectivity index (χ0n) is 9.78. The summed E-state index contributed by atoms with van der Waals surface area (Å²) in [6.07, 6.45) is 0.254. The molecule has 0 amide bonds. The Kier molecular flexibility index (Phi) is 3.15. The smallest absolute Gasteiger partial charge is 0.400 e. The molecule has 0 N–H and O–H groups in total. The molecule has 96 valence electrons. The Bertz CT molecular complexity index is 497. The van der Waals surface area contributed by atoms with Crippen LogP contribution in [0.2, 0.25) is 0 Å². The summed E-state index contributed by atoms with van der Waals surface area (Å²) in [6.45, 7) is 1.24. The van der Waals surface area contributed by atoms with Crippen molar-refractivity contribution in [2.45, 2.75) is 25.2 Å². The Balaban J connectivity index is 2.17. The maximum absolute atomic E-state index is 13.5. The lowest BCUT2D eigenvalue weighted by atomic mass is 9.74. The molecule has 1 unspecified atom stereocenters. The number of ether oxygens (including phenoxy) is 1. The first-order valence-electron chi connectivity index (χ1n) is 5.65. The van der Waals surface area contributed by atoms with Crippen LogP contribution in [0.3, 0.4) is 0 Å². The second-order valence-corrected chi connectivity index (χ2v) is 4.11. The SMILES string of the molecule is CCOC(=O)C(F)(F)C(=O)C1Cc2ccccc21. The minimum absolute atomic E-state index is 0.178. The number of hydrogen-bond donors (Lipinski definition) is 0. The van der Waals surface area contributed by atoms with E-state index in [1.807, 2.05) is 0 Å². The molecule has 1 aliphatic rings. The summed E-state index contributed by atoms with van der Waals surface area (Å²) in [6, 6.07) is 6.87.